The molecule has 1 fully saturated rings. The molecule has 7 nitrogen and oxygen atoms in total. The Balaban J connectivity index is 1.41. The van der Waals surface area contributed by atoms with Crippen molar-refractivity contribution in [2.45, 2.75) is 43.7 Å². The number of esters is 1. The second-order valence-electron chi connectivity index (χ2n) is 9.86. The molecule has 1 saturated carbocycles. The number of carbonyl (C=O) groups is 2. The van der Waals surface area contributed by atoms with Gasteiger partial charge in [0.2, 0.25) is 0 Å². The Kier molecular flexibility index (Phi) is 6.95. The van der Waals surface area contributed by atoms with Crippen LogP contribution in [0.5, 0.6) is 11.5 Å². The second kappa shape index (κ2) is 10.4. The van der Waals surface area contributed by atoms with Crippen molar-refractivity contribution < 1.29 is 28.6 Å². The van der Waals surface area contributed by atoms with Gasteiger partial charge < -0.3 is 19.9 Å². The fourth-order valence-corrected chi connectivity index (χ4v) is 5.46. The maximum absolute atomic E-state index is 13.7. The molecule has 4 aromatic rings. The molecule has 3 unspecified atom stereocenters. The first-order valence-electron chi connectivity index (χ1n) is 12.7. The maximum Gasteiger partial charge on any atom is 0.328 e. The van der Waals surface area contributed by atoms with Gasteiger partial charge in [-0.05, 0) is 60.2 Å². The molecule has 200 valence electrons. The minimum Gasteiger partial charge on any atom is -0.503 e. The van der Waals surface area contributed by atoms with Crippen LogP contribution in [0.15, 0.2) is 79.0 Å². The molecule has 1 aliphatic carbocycles. The number of carbonyl (C=O) groups excluding carboxylic acids is 2. The van der Waals surface area contributed by atoms with Crippen molar-refractivity contribution >= 4 is 22.6 Å². The van der Waals surface area contributed by atoms with E-state index in [9.17, 15) is 19.1 Å². The SMILES string of the molecule is COc1ccnc(C(=O)N[C@@H](C)C(=O)OC(C)C2(c3cccc4ccccc34)CC2c2ccc(F)cc2)c1O. The van der Waals surface area contributed by atoms with Crippen LogP contribution < -0.4 is 10.1 Å². The lowest BCUT2D eigenvalue weighted by Gasteiger charge is -2.28. The van der Waals surface area contributed by atoms with Gasteiger partial charge in [-0.15, -0.1) is 0 Å². The summed E-state index contributed by atoms with van der Waals surface area (Å²) >= 11 is 0. The van der Waals surface area contributed by atoms with Gasteiger partial charge in [0.05, 0.1) is 7.11 Å². The largest absolute Gasteiger partial charge is 0.503 e. The molecule has 39 heavy (non-hydrogen) atoms. The smallest absolute Gasteiger partial charge is 0.328 e. The van der Waals surface area contributed by atoms with E-state index in [-0.39, 0.29) is 23.2 Å². The fraction of sp³-hybridized carbons (Fsp3) is 0.258. The van der Waals surface area contributed by atoms with E-state index in [4.69, 9.17) is 9.47 Å². The highest BCUT2D eigenvalue weighted by atomic mass is 19.1. The van der Waals surface area contributed by atoms with Crippen molar-refractivity contribution in [3.63, 3.8) is 0 Å². The van der Waals surface area contributed by atoms with Crippen LogP contribution in [0, 0.1) is 5.82 Å². The molecule has 0 saturated heterocycles. The topological polar surface area (TPSA) is 97.8 Å². The van der Waals surface area contributed by atoms with Crippen LogP contribution in [0.25, 0.3) is 10.8 Å². The monoisotopic (exact) mass is 528 g/mol. The number of fused-ring (bicyclic) bond motifs is 1. The highest BCUT2D eigenvalue weighted by Gasteiger charge is 2.61. The predicted octanol–water partition coefficient (Wildman–Crippen LogP) is 5.26. The highest BCUT2D eigenvalue weighted by molar-refractivity contribution is 5.98. The number of amides is 1. The van der Waals surface area contributed by atoms with E-state index in [1.165, 1.54) is 38.4 Å². The van der Waals surface area contributed by atoms with E-state index in [2.05, 4.69) is 22.4 Å². The second-order valence-corrected chi connectivity index (χ2v) is 9.86. The summed E-state index contributed by atoms with van der Waals surface area (Å²) in [5.41, 5.74) is 1.23. The standard InChI is InChI=1S/C31H29FN2O5/c1-18(34-29(36)27-28(35)26(38-3)15-16-33-27)30(37)39-19(2)31(17-25(31)21-11-13-22(32)14-12-21)24-10-6-8-20-7-4-5-9-23(20)24/h4-16,18-19,25,35H,17H2,1-3H3,(H,34,36)/t18-,19?,25?,31?/m0/s1. The third-order valence-electron chi connectivity index (χ3n) is 7.61. The van der Waals surface area contributed by atoms with Crippen molar-refractivity contribution in [1.29, 1.82) is 0 Å². The van der Waals surface area contributed by atoms with Gasteiger partial charge in [0, 0.05) is 17.7 Å². The fourth-order valence-electron chi connectivity index (χ4n) is 5.46. The molecule has 4 atom stereocenters. The summed E-state index contributed by atoms with van der Waals surface area (Å²) in [4.78, 5) is 29.8. The summed E-state index contributed by atoms with van der Waals surface area (Å²) in [5.74, 6) is -1.98. The van der Waals surface area contributed by atoms with E-state index in [0.29, 0.717) is 6.42 Å². The Labute approximate surface area is 225 Å². The average molecular weight is 529 g/mol. The lowest BCUT2D eigenvalue weighted by molar-refractivity contribution is -0.151. The number of aromatic nitrogens is 1. The number of rotatable bonds is 8. The van der Waals surface area contributed by atoms with Crippen molar-refractivity contribution in [2.75, 3.05) is 7.11 Å². The number of nitrogens with zero attached hydrogens (tertiary/aromatic N) is 1. The minimum absolute atomic E-state index is 0.00883. The van der Waals surface area contributed by atoms with Crippen molar-refractivity contribution in [2.24, 2.45) is 0 Å². The summed E-state index contributed by atoms with van der Waals surface area (Å²) in [6.45, 7) is 3.37. The molecule has 1 aromatic heterocycles. The first-order valence-corrected chi connectivity index (χ1v) is 12.7. The minimum atomic E-state index is -1.01. The molecule has 1 amide bonds. The van der Waals surface area contributed by atoms with Crippen LogP contribution in [-0.4, -0.2) is 41.2 Å². The van der Waals surface area contributed by atoms with Crippen molar-refractivity contribution in [3.05, 3.63) is 102 Å². The Morgan fingerprint density at radius 1 is 1.05 bits per heavy atom. The normalized spacial score (nSPS) is 19.6. The zero-order valence-corrected chi connectivity index (χ0v) is 21.9. The lowest BCUT2D eigenvalue weighted by atomic mass is 9.83. The molecule has 0 radical (unpaired) electrons. The Morgan fingerprint density at radius 2 is 1.77 bits per heavy atom. The van der Waals surface area contributed by atoms with Crippen molar-refractivity contribution in [3.8, 4) is 11.5 Å². The van der Waals surface area contributed by atoms with Gasteiger partial charge in [-0.3, -0.25) is 4.79 Å². The van der Waals surface area contributed by atoms with Gasteiger partial charge in [-0.2, -0.15) is 0 Å². The van der Waals surface area contributed by atoms with Crippen LogP contribution >= 0.6 is 0 Å². The number of benzene rings is 3. The first kappa shape index (κ1) is 26.2. The van der Waals surface area contributed by atoms with Crippen LogP contribution in [-0.2, 0) is 14.9 Å². The zero-order chi connectivity index (χ0) is 27.7. The molecule has 3 aromatic carbocycles. The van der Waals surface area contributed by atoms with Gasteiger partial charge in [0.1, 0.15) is 18.0 Å². The molecule has 0 aliphatic heterocycles. The van der Waals surface area contributed by atoms with Gasteiger partial charge in [-0.1, -0.05) is 54.6 Å². The molecule has 1 heterocycles. The third-order valence-corrected chi connectivity index (χ3v) is 7.61. The van der Waals surface area contributed by atoms with E-state index >= 15 is 0 Å². The number of pyridine rings is 1. The molecule has 0 bridgehead atoms. The molecule has 1 aliphatic rings. The third kappa shape index (κ3) is 4.78. The van der Waals surface area contributed by atoms with Crippen LogP contribution in [0.4, 0.5) is 4.39 Å². The van der Waals surface area contributed by atoms with Gasteiger partial charge in [0.15, 0.2) is 17.2 Å². The highest BCUT2D eigenvalue weighted by Crippen LogP contribution is 2.64. The van der Waals surface area contributed by atoms with Gasteiger partial charge in [0.25, 0.3) is 5.91 Å². The number of hydrogen-bond acceptors (Lipinski definition) is 6. The molecular weight excluding hydrogens is 499 g/mol. The number of halogens is 1. The number of nitrogens with one attached hydrogen (secondary N) is 1. The van der Waals surface area contributed by atoms with Crippen molar-refractivity contribution in [1.82, 2.24) is 10.3 Å². The molecule has 5 rings (SSSR count). The number of aromatic hydroxyl groups is 1. The zero-order valence-electron chi connectivity index (χ0n) is 21.9. The van der Waals surface area contributed by atoms with E-state index < -0.39 is 35.2 Å². The van der Waals surface area contributed by atoms with Gasteiger partial charge >= 0.3 is 5.97 Å². The summed E-state index contributed by atoms with van der Waals surface area (Å²) in [6.07, 6.45) is 1.48. The molecule has 0 spiro atoms. The molecular formula is C31H29FN2O5. The van der Waals surface area contributed by atoms with Crippen LogP contribution in [0.2, 0.25) is 0 Å². The van der Waals surface area contributed by atoms with Gasteiger partial charge in [-0.25, -0.2) is 14.2 Å². The predicted molar refractivity (Wildman–Crippen MR) is 144 cm³/mol. The summed E-state index contributed by atoms with van der Waals surface area (Å²) in [6, 6.07) is 21.0. The molecule has 2 N–H and O–H groups in total. The Hall–Kier alpha value is -4.46. The van der Waals surface area contributed by atoms with E-state index in [1.54, 1.807) is 12.1 Å². The average Bonchev–Trinajstić information content (AvgIpc) is 3.70. The summed E-state index contributed by atoms with van der Waals surface area (Å²) < 4.78 is 24.7. The first-order chi connectivity index (χ1) is 18.8. The summed E-state index contributed by atoms with van der Waals surface area (Å²) in [7, 11) is 1.36. The van der Waals surface area contributed by atoms with E-state index in [0.717, 1.165) is 21.9 Å². The quantitative estimate of drug-likeness (QED) is 0.303. The van der Waals surface area contributed by atoms with Crippen LogP contribution in [0.1, 0.15) is 47.8 Å². The maximum atomic E-state index is 13.7. The lowest BCUT2D eigenvalue weighted by Crippen LogP contribution is -2.42. The summed E-state index contributed by atoms with van der Waals surface area (Å²) in [5, 5.41) is 14.9. The number of ether oxygens (including phenoxy) is 2. The van der Waals surface area contributed by atoms with Crippen LogP contribution in [0.3, 0.4) is 0 Å². The number of hydrogen-bond donors (Lipinski definition) is 2. The Morgan fingerprint density at radius 3 is 2.51 bits per heavy atom. The molecule has 8 heteroatoms. The Bertz CT molecular complexity index is 1530. The number of methoxy groups -OCH3 is 1. The van der Waals surface area contributed by atoms with E-state index in [1.807, 2.05) is 37.3 Å².